The first-order valence-corrected chi connectivity index (χ1v) is 8.37. The molecule has 0 aromatic carbocycles. The Morgan fingerprint density at radius 3 is 2.85 bits per heavy atom. The number of nitrogens with zero attached hydrogens (tertiary/aromatic N) is 2. The van der Waals surface area contributed by atoms with E-state index < -0.39 is 5.60 Å². The molecule has 7 heteroatoms. The number of nitrogens with two attached hydrogens (primary N) is 1. The van der Waals surface area contributed by atoms with Crippen LogP contribution in [0.5, 0.6) is 0 Å². The molecule has 5 nitrogen and oxygen atoms in total. The van der Waals surface area contributed by atoms with Crippen LogP contribution in [-0.2, 0) is 0 Å². The third-order valence-corrected chi connectivity index (χ3v) is 5.46. The maximum atomic E-state index is 10.4. The summed E-state index contributed by atoms with van der Waals surface area (Å²) in [7, 11) is 0. The fraction of sp³-hybridized carbons (Fsp3) is 0.538. The molecule has 3 rings (SSSR count). The lowest BCUT2D eigenvalue weighted by Gasteiger charge is -2.22. The van der Waals surface area contributed by atoms with E-state index in [0.29, 0.717) is 12.4 Å². The van der Waals surface area contributed by atoms with Crippen LogP contribution < -0.4 is 11.1 Å². The topological polar surface area (TPSA) is 84.1 Å². The van der Waals surface area contributed by atoms with Crippen LogP contribution in [0.25, 0.3) is 10.6 Å². The van der Waals surface area contributed by atoms with Gasteiger partial charge in [-0.15, -0.1) is 11.3 Å². The predicted molar refractivity (Wildman–Crippen MR) is 84.3 cm³/mol. The van der Waals surface area contributed by atoms with Crippen LogP contribution in [0.3, 0.4) is 0 Å². The standard InChI is InChI=1S/C13H18N4OS2/c1-8-6-19-12(16-8)9-10(14)17-20-11(9)15-7-13(18)4-2-3-5-13/h6,15,18H,2-5,7H2,1H3,(H2,14,17). The molecule has 4 N–H and O–H groups in total. The lowest BCUT2D eigenvalue weighted by molar-refractivity contribution is 0.0615. The monoisotopic (exact) mass is 310 g/mol. The van der Waals surface area contributed by atoms with Crippen LogP contribution in [0.1, 0.15) is 31.4 Å². The van der Waals surface area contributed by atoms with E-state index in [1.165, 1.54) is 11.5 Å². The maximum absolute atomic E-state index is 10.4. The van der Waals surface area contributed by atoms with Crippen LogP contribution in [0.2, 0.25) is 0 Å². The quantitative estimate of drug-likeness (QED) is 0.808. The first-order valence-electron chi connectivity index (χ1n) is 6.71. The van der Waals surface area contributed by atoms with Gasteiger partial charge in [-0.3, -0.25) is 0 Å². The van der Waals surface area contributed by atoms with Crippen LogP contribution in [0.15, 0.2) is 5.38 Å². The molecule has 0 spiro atoms. The van der Waals surface area contributed by atoms with E-state index >= 15 is 0 Å². The number of aryl methyl sites for hydroxylation is 1. The Balaban J connectivity index is 1.80. The largest absolute Gasteiger partial charge is 0.388 e. The first kappa shape index (κ1) is 13.8. The zero-order valence-corrected chi connectivity index (χ0v) is 13.0. The van der Waals surface area contributed by atoms with Crippen LogP contribution in [-0.4, -0.2) is 26.6 Å². The highest BCUT2D eigenvalue weighted by Gasteiger charge is 2.31. The number of thiazole rings is 1. The van der Waals surface area contributed by atoms with E-state index in [1.807, 2.05) is 12.3 Å². The van der Waals surface area contributed by atoms with Crippen molar-refractivity contribution in [3.05, 3.63) is 11.1 Å². The highest BCUT2D eigenvalue weighted by molar-refractivity contribution is 7.15. The lowest BCUT2D eigenvalue weighted by atomic mass is 10.0. The molecule has 1 fully saturated rings. The lowest BCUT2D eigenvalue weighted by Crippen LogP contribution is -2.33. The van der Waals surface area contributed by atoms with E-state index in [4.69, 9.17) is 5.73 Å². The van der Waals surface area contributed by atoms with E-state index in [0.717, 1.165) is 46.9 Å². The second-order valence-corrected chi connectivity index (χ2v) is 6.98. The van der Waals surface area contributed by atoms with Gasteiger partial charge in [0.2, 0.25) is 0 Å². The SMILES string of the molecule is Cc1csc(-c2c(N)nsc2NCC2(O)CCCC2)n1. The number of rotatable bonds is 4. The summed E-state index contributed by atoms with van der Waals surface area (Å²) in [6.45, 7) is 2.51. The van der Waals surface area contributed by atoms with Gasteiger partial charge in [0.1, 0.15) is 15.8 Å². The number of nitrogens with one attached hydrogen (secondary N) is 1. The molecule has 2 aromatic heterocycles. The van der Waals surface area contributed by atoms with Gasteiger partial charge in [0, 0.05) is 17.6 Å². The zero-order valence-electron chi connectivity index (χ0n) is 11.3. The van der Waals surface area contributed by atoms with Gasteiger partial charge in [0.25, 0.3) is 0 Å². The first-order chi connectivity index (χ1) is 9.57. The molecule has 0 bridgehead atoms. The third-order valence-electron chi connectivity index (χ3n) is 3.66. The fourth-order valence-corrected chi connectivity index (χ4v) is 4.18. The van der Waals surface area contributed by atoms with Crippen molar-refractivity contribution in [1.29, 1.82) is 0 Å². The van der Waals surface area contributed by atoms with Crippen molar-refractivity contribution in [2.24, 2.45) is 0 Å². The van der Waals surface area contributed by atoms with E-state index in [9.17, 15) is 5.11 Å². The normalized spacial score (nSPS) is 17.5. The van der Waals surface area contributed by atoms with Crippen LogP contribution >= 0.6 is 22.9 Å². The number of nitrogen functional groups attached to an aromatic ring is 1. The van der Waals surface area contributed by atoms with Gasteiger partial charge in [-0.1, -0.05) is 12.8 Å². The summed E-state index contributed by atoms with van der Waals surface area (Å²) in [5.41, 5.74) is 7.23. The number of hydrogen-bond donors (Lipinski definition) is 3. The van der Waals surface area contributed by atoms with Crippen molar-refractivity contribution in [2.75, 3.05) is 17.6 Å². The summed E-state index contributed by atoms with van der Waals surface area (Å²) in [5.74, 6) is 0.505. The minimum absolute atomic E-state index is 0.505. The summed E-state index contributed by atoms with van der Waals surface area (Å²) >= 11 is 2.90. The average Bonchev–Trinajstić information content (AvgIpc) is 3.09. The van der Waals surface area contributed by atoms with E-state index in [1.54, 1.807) is 11.3 Å². The Kier molecular flexibility index (Phi) is 3.66. The third kappa shape index (κ3) is 2.65. The van der Waals surface area contributed by atoms with Gasteiger partial charge >= 0.3 is 0 Å². The molecule has 0 amide bonds. The summed E-state index contributed by atoms with van der Waals surface area (Å²) in [6.07, 6.45) is 3.92. The molecule has 1 saturated carbocycles. The average molecular weight is 310 g/mol. The van der Waals surface area contributed by atoms with Crippen molar-refractivity contribution in [3.8, 4) is 10.6 Å². The molecule has 0 saturated heterocycles. The second kappa shape index (κ2) is 5.31. The second-order valence-electron chi connectivity index (χ2n) is 5.35. The molecule has 1 aliphatic carbocycles. The van der Waals surface area contributed by atoms with Crippen molar-refractivity contribution in [1.82, 2.24) is 9.36 Å². The summed E-state index contributed by atoms with van der Waals surface area (Å²) < 4.78 is 4.21. The summed E-state index contributed by atoms with van der Waals surface area (Å²) in [6, 6.07) is 0. The van der Waals surface area contributed by atoms with Crippen molar-refractivity contribution in [2.45, 2.75) is 38.2 Å². The van der Waals surface area contributed by atoms with E-state index in [-0.39, 0.29) is 0 Å². The minimum Gasteiger partial charge on any atom is -0.388 e. The number of hydrogen-bond acceptors (Lipinski definition) is 7. The predicted octanol–water partition coefficient (Wildman–Crippen LogP) is 2.87. The van der Waals surface area contributed by atoms with Crippen molar-refractivity contribution < 1.29 is 5.11 Å². The van der Waals surface area contributed by atoms with Gasteiger partial charge in [0.05, 0.1) is 11.2 Å². The summed E-state index contributed by atoms with van der Waals surface area (Å²) in [4.78, 5) is 4.47. The highest BCUT2D eigenvalue weighted by Crippen LogP contribution is 2.39. The van der Waals surface area contributed by atoms with Crippen LogP contribution in [0, 0.1) is 6.92 Å². The van der Waals surface area contributed by atoms with Crippen LogP contribution in [0.4, 0.5) is 10.8 Å². The summed E-state index contributed by atoms with van der Waals surface area (Å²) in [5, 5.41) is 17.5. The highest BCUT2D eigenvalue weighted by atomic mass is 32.1. The van der Waals surface area contributed by atoms with Crippen molar-refractivity contribution >= 4 is 33.7 Å². The molecule has 20 heavy (non-hydrogen) atoms. The van der Waals surface area contributed by atoms with Gasteiger partial charge in [-0.25, -0.2) is 4.98 Å². The Morgan fingerprint density at radius 2 is 2.20 bits per heavy atom. The molecule has 2 aromatic rings. The molecule has 0 unspecified atom stereocenters. The number of anilines is 2. The minimum atomic E-state index is -0.588. The van der Waals surface area contributed by atoms with Crippen molar-refractivity contribution in [3.63, 3.8) is 0 Å². The Labute approximate surface area is 126 Å². The van der Waals surface area contributed by atoms with Gasteiger partial charge in [-0.2, -0.15) is 4.37 Å². The van der Waals surface area contributed by atoms with Gasteiger partial charge in [-0.05, 0) is 31.3 Å². The molecule has 2 heterocycles. The molecular weight excluding hydrogens is 292 g/mol. The maximum Gasteiger partial charge on any atom is 0.149 e. The zero-order chi connectivity index (χ0) is 14.2. The van der Waals surface area contributed by atoms with E-state index in [2.05, 4.69) is 14.7 Å². The Bertz CT molecular complexity index is 601. The van der Waals surface area contributed by atoms with Gasteiger partial charge < -0.3 is 16.2 Å². The Hall–Kier alpha value is -1.18. The molecule has 1 aliphatic rings. The number of aromatic nitrogens is 2. The number of aliphatic hydroxyl groups is 1. The fourth-order valence-electron chi connectivity index (χ4n) is 2.55. The molecular formula is C13H18N4OS2. The Morgan fingerprint density at radius 1 is 1.45 bits per heavy atom. The smallest absolute Gasteiger partial charge is 0.149 e. The molecule has 0 aliphatic heterocycles. The molecule has 0 atom stereocenters. The molecule has 0 radical (unpaired) electrons. The van der Waals surface area contributed by atoms with Gasteiger partial charge in [0.15, 0.2) is 0 Å². The molecule has 108 valence electrons.